The largest absolute Gasteiger partial charge is 0.494 e. The maximum Gasteiger partial charge on any atom is 0.494 e. The summed E-state index contributed by atoms with van der Waals surface area (Å²) in [6, 6.07) is 18.3. The van der Waals surface area contributed by atoms with Crippen LogP contribution >= 0.6 is 0 Å². The Hall–Kier alpha value is -2.81. The molecule has 0 saturated carbocycles. The van der Waals surface area contributed by atoms with Gasteiger partial charge in [-0.1, -0.05) is 36.1 Å². The highest BCUT2D eigenvalue weighted by molar-refractivity contribution is 6.62. The Morgan fingerprint density at radius 3 is 1.79 bits per heavy atom. The van der Waals surface area contributed by atoms with Gasteiger partial charge in [0.15, 0.2) is 0 Å². The van der Waals surface area contributed by atoms with Crippen molar-refractivity contribution >= 4 is 12.6 Å². The number of aromatic nitrogens is 2. The third-order valence-corrected chi connectivity index (χ3v) is 5.79. The predicted octanol–water partition coefficient (Wildman–Crippen LogP) is 3.79. The molecule has 4 nitrogen and oxygen atoms in total. The summed E-state index contributed by atoms with van der Waals surface area (Å²) in [5.74, 6) is 6.46. The van der Waals surface area contributed by atoms with Gasteiger partial charge in [0.1, 0.15) is 0 Å². The highest BCUT2D eigenvalue weighted by atomic mass is 16.7. The van der Waals surface area contributed by atoms with Crippen molar-refractivity contribution in [2.24, 2.45) is 7.05 Å². The minimum absolute atomic E-state index is 0.336. The molecule has 146 valence electrons. The highest BCUT2D eigenvalue weighted by Crippen LogP contribution is 2.36. The Bertz CT molecular complexity index is 1050. The third kappa shape index (κ3) is 3.87. The van der Waals surface area contributed by atoms with Crippen LogP contribution in [0.5, 0.6) is 0 Å². The summed E-state index contributed by atoms with van der Waals surface area (Å²) in [5, 5.41) is 4.21. The van der Waals surface area contributed by atoms with Gasteiger partial charge in [-0.2, -0.15) is 5.10 Å². The van der Waals surface area contributed by atoms with Gasteiger partial charge in [0.25, 0.3) is 0 Å². The second-order valence-corrected chi connectivity index (χ2v) is 8.38. The lowest BCUT2D eigenvalue weighted by atomic mass is 9.79. The molecule has 2 aromatic carbocycles. The van der Waals surface area contributed by atoms with Crippen LogP contribution in [0.25, 0.3) is 11.3 Å². The molecule has 0 amide bonds. The van der Waals surface area contributed by atoms with Crippen LogP contribution in [0.1, 0.15) is 38.8 Å². The van der Waals surface area contributed by atoms with E-state index in [1.165, 1.54) is 0 Å². The maximum atomic E-state index is 6.11. The van der Waals surface area contributed by atoms with Crippen LogP contribution in [-0.4, -0.2) is 28.1 Å². The number of benzene rings is 2. The summed E-state index contributed by atoms with van der Waals surface area (Å²) in [5.41, 5.74) is 4.49. The normalized spacial score (nSPS) is 17.1. The fourth-order valence-corrected chi connectivity index (χ4v) is 3.23. The van der Waals surface area contributed by atoms with Gasteiger partial charge in [-0.15, -0.1) is 0 Å². The summed E-state index contributed by atoms with van der Waals surface area (Å²) in [6.45, 7) is 8.25. The highest BCUT2D eigenvalue weighted by Gasteiger charge is 2.51. The van der Waals surface area contributed by atoms with Gasteiger partial charge >= 0.3 is 7.12 Å². The monoisotopic (exact) mass is 384 g/mol. The average Bonchev–Trinajstić information content (AvgIpc) is 3.21. The zero-order valence-electron chi connectivity index (χ0n) is 17.6. The fraction of sp³-hybridized carbons (Fsp3) is 0.292. The summed E-state index contributed by atoms with van der Waals surface area (Å²) in [4.78, 5) is 0. The van der Waals surface area contributed by atoms with Gasteiger partial charge in [-0.3, -0.25) is 4.68 Å². The minimum atomic E-state index is -0.346. The van der Waals surface area contributed by atoms with Gasteiger partial charge in [0, 0.05) is 24.4 Å². The molecule has 1 aromatic heterocycles. The summed E-state index contributed by atoms with van der Waals surface area (Å²) < 4.78 is 14.1. The standard InChI is InChI=1S/C24H25BN2O2/c1-23(2)24(3,4)29-25(28-23)21-14-10-19(11-15-21)7-6-18-8-12-20(13-9-18)22-16-17-26-27(22)5/h8-17H,1-5H3. The molecule has 1 fully saturated rings. The number of rotatable bonds is 2. The van der Waals surface area contributed by atoms with Crippen LogP contribution < -0.4 is 5.46 Å². The van der Waals surface area contributed by atoms with E-state index in [-0.39, 0.29) is 18.3 Å². The zero-order chi connectivity index (χ0) is 20.6. The Labute approximate surface area is 173 Å². The Balaban J connectivity index is 1.46. The Morgan fingerprint density at radius 2 is 1.31 bits per heavy atom. The SMILES string of the molecule is Cn1nccc1-c1ccc(C#Cc2ccc(B3OC(C)(C)C(C)(C)O3)cc2)cc1. The molecule has 4 rings (SSSR count). The molecular weight excluding hydrogens is 359 g/mol. The number of aryl methyl sites for hydroxylation is 1. The first kappa shape index (κ1) is 19.5. The smallest absolute Gasteiger partial charge is 0.399 e. The van der Waals surface area contributed by atoms with Crippen molar-refractivity contribution < 1.29 is 9.31 Å². The zero-order valence-corrected chi connectivity index (χ0v) is 17.6. The first-order valence-electron chi connectivity index (χ1n) is 9.81. The van der Waals surface area contributed by atoms with Crippen LogP contribution in [0, 0.1) is 11.8 Å². The molecule has 0 N–H and O–H groups in total. The molecule has 1 aliphatic rings. The molecule has 29 heavy (non-hydrogen) atoms. The van der Waals surface area contributed by atoms with Crippen molar-refractivity contribution in [2.45, 2.75) is 38.9 Å². The van der Waals surface area contributed by atoms with E-state index in [0.717, 1.165) is 27.8 Å². The molecule has 0 radical (unpaired) electrons. The molecule has 3 aromatic rings. The molecule has 0 aliphatic carbocycles. The summed E-state index contributed by atoms with van der Waals surface area (Å²) >= 11 is 0. The number of nitrogens with zero attached hydrogens (tertiary/aromatic N) is 2. The first-order valence-corrected chi connectivity index (χ1v) is 9.81. The van der Waals surface area contributed by atoms with E-state index in [0.29, 0.717) is 0 Å². The molecule has 1 aliphatic heterocycles. The van der Waals surface area contributed by atoms with Crippen LogP contribution in [-0.2, 0) is 16.4 Å². The Morgan fingerprint density at radius 1 is 0.793 bits per heavy atom. The molecule has 5 heteroatoms. The van der Waals surface area contributed by atoms with Gasteiger partial charge in [0.05, 0.1) is 16.9 Å². The minimum Gasteiger partial charge on any atom is -0.399 e. The van der Waals surface area contributed by atoms with E-state index < -0.39 is 0 Å². The predicted molar refractivity (Wildman–Crippen MR) is 117 cm³/mol. The molecule has 2 heterocycles. The maximum absolute atomic E-state index is 6.11. The molecule has 1 saturated heterocycles. The molecule has 0 unspecified atom stereocenters. The van der Waals surface area contributed by atoms with E-state index in [9.17, 15) is 0 Å². The van der Waals surface area contributed by atoms with Crippen LogP contribution in [0.3, 0.4) is 0 Å². The fourth-order valence-electron chi connectivity index (χ4n) is 3.23. The van der Waals surface area contributed by atoms with Gasteiger partial charge in [0.2, 0.25) is 0 Å². The van der Waals surface area contributed by atoms with E-state index in [2.05, 4.69) is 56.8 Å². The van der Waals surface area contributed by atoms with Crippen LogP contribution in [0.4, 0.5) is 0 Å². The second kappa shape index (κ2) is 7.22. The topological polar surface area (TPSA) is 36.3 Å². The lowest BCUT2D eigenvalue weighted by Crippen LogP contribution is -2.41. The van der Waals surface area contributed by atoms with Gasteiger partial charge in [-0.05, 0) is 69.1 Å². The van der Waals surface area contributed by atoms with Crippen LogP contribution in [0.2, 0.25) is 0 Å². The van der Waals surface area contributed by atoms with E-state index in [4.69, 9.17) is 9.31 Å². The van der Waals surface area contributed by atoms with Crippen LogP contribution in [0.15, 0.2) is 60.8 Å². The van der Waals surface area contributed by atoms with Gasteiger partial charge in [-0.25, -0.2) is 0 Å². The Kier molecular flexibility index (Phi) is 4.86. The number of hydrogen-bond acceptors (Lipinski definition) is 3. The van der Waals surface area contributed by atoms with E-state index in [1.807, 2.05) is 54.2 Å². The lowest BCUT2D eigenvalue weighted by Gasteiger charge is -2.32. The first-order chi connectivity index (χ1) is 13.7. The lowest BCUT2D eigenvalue weighted by molar-refractivity contribution is 0.00578. The average molecular weight is 384 g/mol. The number of hydrogen-bond donors (Lipinski definition) is 0. The quantitative estimate of drug-likeness (QED) is 0.498. The van der Waals surface area contributed by atoms with Crippen molar-refractivity contribution in [3.63, 3.8) is 0 Å². The van der Waals surface area contributed by atoms with Gasteiger partial charge < -0.3 is 9.31 Å². The van der Waals surface area contributed by atoms with E-state index in [1.54, 1.807) is 6.20 Å². The van der Waals surface area contributed by atoms with Crippen molar-refractivity contribution in [2.75, 3.05) is 0 Å². The molecular formula is C24H25BN2O2. The summed E-state index contributed by atoms with van der Waals surface area (Å²) in [7, 11) is 1.60. The molecule has 0 spiro atoms. The van der Waals surface area contributed by atoms with E-state index >= 15 is 0 Å². The summed E-state index contributed by atoms with van der Waals surface area (Å²) in [6.07, 6.45) is 1.80. The molecule has 0 atom stereocenters. The second-order valence-electron chi connectivity index (χ2n) is 8.38. The molecule has 0 bridgehead atoms. The van der Waals surface area contributed by atoms with Crippen molar-refractivity contribution in [3.8, 4) is 23.1 Å². The van der Waals surface area contributed by atoms with Crippen molar-refractivity contribution in [1.29, 1.82) is 0 Å². The van der Waals surface area contributed by atoms with Crippen molar-refractivity contribution in [1.82, 2.24) is 9.78 Å². The third-order valence-electron chi connectivity index (χ3n) is 5.79. The van der Waals surface area contributed by atoms with Crippen molar-refractivity contribution in [3.05, 3.63) is 71.9 Å².